The van der Waals surface area contributed by atoms with E-state index < -0.39 is 0 Å². The summed E-state index contributed by atoms with van der Waals surface area (Å²) in [5, 5.41) is 4.28. The number of para-hydroxylation sites is 1. The number of aromatic nitrogens is 2. The van der Waals surface area contributed by atoms with Crippen LogP contribution >= 0.6 is 0 Å². The van der Waals surface area contributed by atoms with Crippen molar-refractivity contribution in [3.05, 3.63) is 41.7 Å². The Morgan fingerprint density at radius 2 is 2.16 bits per heavy atom. The number of benzene rings is 1. The van der Waals surface area contributed by atoms with Crippen molar-refractivity contribution in [3.63, 3.8) is 0 Å². The average Bonchev–Trinajstić information content (AvgIpc) is 3.39. The molecule has 0 spiro atoms. The molecule has 8 nitrogen and oxygen atoms in total. The molecule has 4 rings (SSSR count). The van der Waals surface area contributed by atoms with Gasteiger partial charge < -0.3 is 19.1 Å². The van der Waals surface area contributed by atoms with Crippen LogP contribution in [0.3, 0.4) is 0 Å². The fourth-order valence-electron chi connectivity index (χ4n) is 4.49. The van der Waals surface area contributed by atoms with Gasteiger partial charge in [-0.2, -0.15) is 5.10 Å². The van der Waals surface area contributed by atoms with Crippen molar-refractivity contribution in [2.75, 3.05) is 46.1 Å². The third kappa shape index (κ3) is 5.61. The van der Waals surface area contributed by atoms with E-state index in [0.717, 1.165) is 48.6 Å². The predicted octanol–water partition coefficient (Wildman–Crippen LogP) is 2.49. The van der Waals surface area contributed by atoms with Crippen molar-refractivity contribution in [2.24, 2.45) is 0 Å². The zero-order valence-electron chi connectivity index (χ0n) is 19.2. The van der Waals surface area contributed by atoms with Crippen molar-refractivity contribution in [1.29, 1.82) is 0 Å². The summed E-state index contributed by atoms with van der Waals surface area (Å²) in [7, 11) is 0. The fourth-order valence-corrected chi connectivity index (χ4v) is 4.49. The quantitative estimate of drug-likeness (QED) is 0.725. The Morgan fingerprint density at radius 1 is 1.25 bits per heavy atom. The number of aryl methyl sites for hydroxylation is 1. The fraction of sp³-hybridized carbons (Fsp3) is 0.583. The third-order valence-corrected chi connectivity index (χ3v) is 6.06. The molecule has 0 unspecified atom stereocenters. The van der Waals surface area contributed by atoms with Crippen LogP contribution in [0.15, 0.2) is 30.6 Å². The van der Waals surface area contributed by atoms with Crippen LogP contribution in [0.1, 0.15) is 30.9 Å². The van der Waals surface area contributed by atoms with E-state index in [9.17, 15) is 4.79 Å². The molecule has 32 heavy (non-hydrogen) atoms. The second-order valence-electron chi connectivity index (χ2n) is 8.46. The molecule has 1 amide bonds. The van der Waals surface area contributed by atoms with E-state index >= 15 is 0 Å². The molecule has 2 aliphatic heterocycles. The molecule has 0 saturated carbocycles. The van der Waals surface area contributed by atoms with E-state index in [2.05, 4.69) is 16.1 Å². The molecule has 174 valence electrons. The molecule has 2 aliphatic rings. The van der Waals surface area contributed by atoms with E-state index in [4.69, 9.17) is 14.2 Å². The summed E-state index contributed by atoms with van der Waals surface area (Å²) < 4.78 is 19.5. The van der Waals surface area contributed by atoms with Crippen LogP contribution in [0.5, 0.6) is 11.5 Å². The minimum atomic E-state index is 0.0775. The summed E-state index contributed by atoms with van der Waals surface area (Å²) in [5.74, 6) is 1.67. The van der Waals surface area contributed by atoms with Gasteiger partial charge in [-0.1, -0.05) is 12.1 Å². The molecular formula is C24H34N4O4. The van der Waals surface area contributed by atoms with Gasteiger partial charge in [-0.3, -0.25) is 14.4 Å². The van der Waals surface area contributed by atoms with Crippen LogP contribution in [0, 0.1) is 6.92 Å². The third-order valence-electron chi connectivity index (χ3n) is 6.06. The molecule has 1 fully saturated rings. The molecule has 0 N–H and O–H groups in total. The first kappa shape index (κ1) is 22.6. The van der Waals surface area contributed by atoms with E-state index in [1.165, 1.54) is 0 Å². The Kier molecular flexibility index (Phi) is 7.65. The van der Waals surface area contributed by atoms with E-state index in [-0.39, 0.29) is 12.5 Å². The molecule has 1 atom stereocenters. The van der Waals surface area contributed by atoms with Gasteiger partial charge in [0.15, 0.2) is 11.5 Å². The highest BCUT2D eigenvalue weighted by atomic mass is 16.5. The van der Waals surface area contributed by atoms with Gasteiger partial charge in [0.05, 0.1) is 26.0 Å². The largest absolute Gasteiger partial charge is 0.490 e. The molecule has 0 radical (unpaired) electrons. The van der Waals surface area contributed by atoms with Crippen LogP contribution in [0.4, 0.5) is 0 Å². The van der Waals surface area contributed by atoms with Crippen LogP contribution in [-0.4, -0.2) is 77.6 Å². The Labute approximate surface area is 190 Å². The van der Waals surface area contributed by atoms with Crippen molar-refractivity contribution in [2.45, 2.75) is 45.8 Å². The molecule has 8 heteroatoms. The first-order valence-electron chi connectivity index (χ1n) is 11.6. The molecular weight excluding hydrogens is 408 g/mol. The number of hydrogen-bond donors (Lipinski definition) is 0. The standard InChI is InChI=1S/C24H34N4O4/c1-3-31-22-8-4-6-20-16-26-9-5-7-21(26)17-27(10-11-30-12-13-32-24(20)22)23(29)18-28-15-19(2)14-25-28/h4,6,8,14-15,21H,3,5,7,9-13,16-18H2,1-2H3/t21-/m0/s1. The predicted molar refractivity (Wildman–Crippen MR) is 121 cm³/mol. The minimum Gasteiger partial charge on any atom is -0.490 e. The summed E-state index contributed by atoms with van der Waals surface area (Å²) in [6.45, 7) is 9.27. The molecule has 3 heterocycles. The Morgan fingerprint density at radius 3 is 2.97 bits per heavy atom. The molecule has 2 aromatic rings. The average molecular weight is 443 g/mol. The number of carbonyl (C=O) groups excluding carboxylic acids is 1. The Bertz CT molecular complexity index is 900. The second-order valence-corrected chi connectivity index (χ2v) is 8.46. The van der Waals surface area contributed by atoms with Gasteiger partial charge >= 0.3 is 0 Å². The molecule has 1 saturated heterocycles. The minimum absolute atomic E-state index is 0.0775. The topological polar surface area (TPSA) is 69.1 Å². The summed E-state index contributed by atoms with van der Waals surface area (Å²) >= 11 is 0. The highest BCUT2D eigenvalue weighted by Crippen LogP contribution is 2.34. The van der Waals surface area contributed by atoms with Crippen LogP contribution in [0.25, 0.3) is 0 Å². The molecule has 1 aromatic heterocycles. The first-order chi connectivity index (χ1) is 15.6. The maximum absolute atomic E-state index is 13.1. The number of fused-ring (bicyclic) bond motifs is 2. The van der Waals surface area contributed by atoms with Gasteiger partial charge in [0.1, 0.15) is 13.2 Å². The Hall–Kier alpha value is -2.58. The van der Waals surface area contributed by atoms with Gasteiger partial charge in [0.25, 0.3) is 0 Å². The first-order valence-corrected chi connectivity index (χ1v) is 11.6. The number of nitrogens with zero attached hydrogens (tertiary/aromatic N) is 4. The van der Waals surface area contributed by atoms with Crippen LogP contribution < -0.4 is 9.47 Å². The normalized spacial score (nSPS) is 20.3. The zero-order valence-corrected chi connectivity index (χ0v) is 19.2. The molecule has 0 aliphatic carbocycles. The lowest BCUT2D eigenvalue weighted by atomic mass is 10.1. The maximum Gasteiger partial charge on any atom is 0.244 e. The van der Waals surface area contributed by atoms with Crippen molar-refractivity contribution >= 4 is 5.91 Å². The van der Waals surface area contributed by atoms with E-state index in [1.54, 1.807) is 10.9 Å². The maximum atomic E-state index is 13.1. The van der Waals surface area contributed by atoms with Gasteiger partial charge in [0.2, 0.25) is 5.91 Å². The monoisotopic (exact) mass is 442 g/mol. The summed E-state index contributed by atoms with van der Waals surface area (Å²) in [5.41, 5.74) is 2.17. The van der Waals surface area contributed by atoms with Crippen molar-refractivity contribution < 1.29 is 19.0 Å². The van der Waals surface area contributed by atoms with Gasteiger partial charge in [-0.15, -0.1) is 0 Å². The second kappa shape index (κ2) is 10.8. The van der Waals surface area contributed by atoms with Crippen molar-refractivity contribution in [3.8, 4) is 11.5 Å². The highest BCUT2D eigenvalue weighted by Gasteiger charge is 2.29. The lowest BCUT2D eigenvalue weighted by molar-refractivity contribution is -0.133. The number of ether oxygens (including phenoxy) is 3. The SMILES string of the molecule is CCOc1cccc2c1OCCOCCN(C(=O)Cn1cc(C)cn1)C[C@@H]1CCCN1C2. The zero-order chi connectivity index (χ0) is 22.3. The number of amides is 1. The molecule has 0 bridgehead atoms. The molecule has 1 aromatic carbocycles. The summed E-state index contributed by atoms with van der Waals surface area (Å²) in [6.07, 6.45) is 5.89. The number of hydrogen-bond acceptors (Lipinski definition) is 6. The highest BCUT2D eigenvalue weighted by molar-refractivity contribution is 5.76. The Balaban J connectivity index is 1.52. The number of rotatable bonds is 4. The lowest BCUT2D eigenvalue weighted by Gasteiger charge is -2.31. The number of carbonyl (C=O) groups is 1. The van der Waals surface area contributed by atoms with Gasteiger partial charge in [-0.05, 0) is 44.9 Å². The summed E-state index contributed by atoms with van der Waals surface area (Å²) in [4.78, 5) is 17.5. The smallest absolute Gasteiger partial charge is 0.244 e. The summed E-state index contributed by atoms with van der Waals surface area (Å²) in [6, 6.07) is 6.40. The van der Waals surface area contributed by atoms with Gasteiger partial charge in [-0.25, -0.2) is 0 Å². The lowest BCUT2D eigenvalue weighted by Crippen LogP contribution is -2.45. The van der Waals surface area contributed by atoms with Gasteiger partial charge in [0, 0.05) is 37.4 Å². The van der Waals surface area contributed by atoms with Crippen molar-refractivity contribution in [1.82, 2.24) is 19.6 Å². The van der Waals surface area contributed by atoms with E-state index in [0.29, 0.717) is 45.6 Å². The van der Waals surface area contributed by atoms with Crippen LogP contribution in [-0.2, 0) is 22.6 Å². The van der Waals surface area contributed by atoms with Crippen LogP contribution in [0.2, 0.25) is 0 Å². The van der Waals surface area contributed by atoms with E-state index in [1.807, 2.05) is 37.1 Å².